The minimum atomic E-state index is 0.593. The highest BCUT2D eigenvalue weighted by Crippen LogP contribution is 1.91. The first-order valence-corrected chi connectivity index (χ1v) is 3.92. The summed E-state index contributed by atoms with van der Waals surface area (Å²) in [7, 11) is 0. The summed E-state index contributed by atoms with van der Waals surface area (Å²) in [6.07, 6.45) is 8.94. The molecule has 1 nitrogen and oxygen atoms in total. The number of hydrogen-bond donors (Lipinski definition) is 0. The summed E-state index contributed by atoms with van der Waals surface area (Å²) in [4.78, 5) is 10.2. The molecule has 0 radical (unpaired) electrons. The molecule has 0 rings (SSSR count). The molecule has 0 bridgehead atoms. The lowest BCUT2D eigenvalue weighted by Gasteiger charge is -1.82. The smallest absolute Gasteiger partial charge is 0.150 e. The van der Waals surface area contributed by atoms with Crippen molar-refractivity contribution in [2.24, 2.45) is 0 Å². The van der Waals surface area contributed by atoms with Crippen LogP contribution < -0.4 is 0 Å². The van der Waals surface area contributed by atoms with Gasteiger partial charge in [0.25, 0.3) is 0 Å². The van der Waals surface area contributed by atoms with Gasteiger partial charge in [0.1, 0.15) is 6.29 Å². The molecule has 0 N–H and O–H groups in total. The number of rotatable bonds is 4. The highest BCUT2D eigenvalue weighted by Gasteiger charge is 1.81. The van der Waals surface area contributed by atoms with Gasteiger partial charge in [-0.3, -0.25) is 4.79 Å². The van der Waals surface area contributed by atoms with E-state index >= 15 is 0 Å². The van der Waals surface area contributed by atoms with Crippen molar-refractivity contribution in [3.8, 4) is 0 Å². The van der Waals surface area contributed by atoms with E-state index in [0.29, 0.717) is 5.57 Å². The Bertz CT molecular complexity index is 185. The van der Waals surface area contributed by atoms with Gasteiger partial charge in [0.05, 0.1) is 0 Å². The normalized spacial score (nSPS) is 10.0. The molecule has 0 amide bonds. The molecule has 12 heavy (non-hydrogen) atoms. The van der Waals surface area contributed by atoms with Crippen LogP contribution >= 0.6 is 0 Å². The van der Waals surface area contributed by atoms with Gasteiger partial charge in [-0.15, -0.1) is 0 Å². The fraction of sp³-hybridized carbons (Fsp3) is 0.182. The zero-order valence-electron chi connectivity index (χ0n) is 7.79. The first-order valence-electron chi connectivity index (χ1n) is 3.92. The second-order valence-electron chi connectivity index (χ2n) is 1.62. The lowest BCUT2D eigenvalue weighted by molar-refractivity contribution is -0.104. The van der Waals surface area contributed by atoms with Gasteiger partial charge in [0.15, 0.2) is 0 Å². The number of carbonyl (C=O) groups is 1. The number of allylic oxidation sites excluding steroid dienone is 6. The SMILES string of the molecule is C=C/C=C\C(C=O)=C/C=C.CC. The standard InChI is InChI=1S/C9H10O.C2H6/c1-3-5-7-9(8-10)6-4-2;1-2/h3-8H,1-2H2;1-2H3/b7-5-,9-6+;. The van der Waals surface area contributed by atoms with Crippen LogP contribution in [-0.4, -0.2) is 6.29 Å². The molecule has 0 aliphatic carbocycles. The Hall–Kier alpha value is -1.37. The molecule has 0 unspecified atom stereocenters. The molecule has 66 valence electrons. The summed E-state index contributed by atoms with van der Waals surface area (Å²) in [5.74, 6) is 0. The zero-order chi connectivity index (χ0) is 9.82. The summed E-state index contributed by atoms with van der Waals surface area (Å²) < 4.78 is 0. The van der Waals surface area contributed by atoms with Gasteiger partial charge in [0, 0.05) is 5.57 Å². The van der Waals surface area contributed by atoms with E-state index in [1.165, 1.54) is 0 Å². The Balaban J connectivity index is 0. The molecule has 0 saturated carbocycles. The highest BCUT2D eigenvalue weighted by molar-refractivity contribution is 5.78. The molecular formula is C11H16O. The van der Waals surface area contributed by atoms with Crippen molar-refractivity contribution < 1.29 is 4.79 Å². The molecule has 0 aromatic carbocycles. The molecule has 0 aliphatic heterocycles. The van der Waals surface area contributed by atoms with Crippen LogP contribution in [-0.2, 0) is 4.79 Å². The Morgan fingerprint density at radius 1 is 1.17 bits per heavy atom. The maximum Gasteiger partial charge on any atom is 0.150 e. The largest absolute Gasteiger partial charge is 0.298 e. The Kier molecular flexibility index (Phi) is 13.6. The van der Waals surface area contributed by atoms with Crippen LogP contribution in [0.3, 0.4) is 0 Å². The van der Waals surface area contributed by atoms with Gasteiger partial charge in [-0.1, -0.05) is 57.4 Å². The fourth-order valence-corrected chi connectivity index (χ4v) is 0.449. The Labute approximate surface area is 74.8 Å². The van der Waals surface area contributed by atoms with Crippen LogP contribution in [0.5, 0.6) is 0 Å². The third kappa shape index (κ3) is 8.63. The average Bonchev–Trinajstić information content (AvgIpc) is 2.15. The monoisotopic (exact) mass is 164 g/mol. The molecule has 0 saturated heterocycles. The summed E-state index contributed by atoms with van der Waals surface area (Å²) in [5, 5.41) is 0. The van der Waals surface area contributed by atoms with Crippen molar-refractivity contribution in [1.29, 1.82) is 0 Å². The molecule has 1 heteroatoms. The summed E-state index contributed by atoms with van der Waals surface area (Å²) >= 11 is 0. The van der Waals surface area contributed by atoms with E-state index in [2.05, 4.69) is 13.2 Å². The van der Waals surface area contributed by atoms with Crippen LogP contribution in [0.25, 0.3) is 0 Å². The molecule has 0 aliphatic rings. The topological polar surface area (TPSA) is 17.1 Å². The first kappa shape index (κ1) is 13.2. The van der Waals surface area contributed by atoms with Gasteiger partial charge in [-0.05, 0) is 0 Å². The predicted octanol–water partition coefficient (Wildman–Crippen LogP) is 3.07. The maximum atomic E-state index is 10.2. The molecule has 0 aromatic heterocycles. The van der Waals surface area contributed by atoms with Gasteiger partial charge in [-0.2, -0.15) is 0 Å². The minimum Gasteiger partial charge on any atom is -0.298 e. The fourth-order valence-electron chi connectivity index (χ4n) is 0.449. The lowest BCUT2D eigenvalue weighted by atomic mass is 10.2. The number of carbonyl (C=O) groups excluding carboxylic acids is 1. The third-order valence-electron chi connectivity index (χ3n) is 0.871. The average molecular weight is 164 g/mol. The zero-order valence-corrected chi connectivity index (χ0v) is 7.79. The van der Waals surface area contributed by atoms with E-state index in [0.717, 1.165) is 6.29 Å². The van der Waals surface area contributed by atoms with E-state index < -0.39 is 0 Å². The summed E-state index contributed by atoms with van der Waals surface area (Å²) in [6.45, 7) is 10.9. The summed E-state index contributed by atoms with van der Waals surface area (Å²) in [6, 6.07) is 0. The van der Waals surface area contributed by atoms with Crippen LogP contribution in [0.4, 0.5) is 0 Å². The Morgan fingerprint density at radius 2 is 1.75 bits per heavy atom. The van der Waals surface area contributed by atoms with Crippen molar-refractivity contribution >= 4 is 6.29 Å². The van der Waals surface area contributed by atoms with Gasteiger partial charge >= 0.3 is 0 Å². The third-order valence-corrected chi connectivity index (χ3v) is 0.871. The highest BCUT2D eigenvalue weighted by atomic mass is 16.1. The van der Waals surface area contributed by atoms with Crippen molar-refractivity contribution in [3.05, 3.63) is 49.1 Å². The van der Waals surface area contributed by atoms with Gasteiger partial charge in [-0.25, -0.2) is 0 Å². The maximum absolute atomic E-state index is 10.2. The van der Waals surface area contributed by atoms with E-state index in [1.807, 2.05) is 13.8 Å². The van der Waals surface area contributed by atoms with Crippen molar-refractivity contribution in [2.45, 2.75) is 13.8 Å². The van der Waals surface area contributed by atoms with Gasteiger partial charge < -0.3 is 0 Å². The molecule has 0 aromatic rings. The molecule has 0 atom stereocenters. The van der Waals surface area contributed by atoms with Crippen LogP contribution in [0.2, 0.25) is 0 Å². The van der Waals surface area contributed by atoms with Crippen LogP contribution in [0, 0.1) is 0 Å². The van der Waals surface area contributed by atoms with Crippen molar-refractivity contribution in [1.82, 2.24) is 0 Å². The van der Waals surface area contributed by atoms with Crippen molar-refractivity contribution in [3.63, 3.8) is 0 Å². The Morgan fingerprint density at radius 3 is 2.08 bits per heavy atom. The second-order valence-corrected chi connectivity index (χ2v) is 1.62. The van der Waals surface area contributed by atoms with E-state index in [1.54, 1.807) is 30.4 Å². The van der Waals surface area contributed by atoms with Crippen molar-refractivity contribution in [2.75, 3.05) is 0 Å². The van der Waals surface area contributed by atoms with Crippen LogP contribution in [0.15, 0.2) is 49.1 Å². The van der Waals surface area contributed by atoms with E-state index in [-0.39, 0.29) is 0 Å². The van der Waals surface area contributed by atoms with E-state index in [4.69, 9.17) is 0 Å². The minimum absolute atomic E-state index is 0.593. The molecule has 0 heterocycles. The second kappa shape index (κ2) is 12.3. The molecule has 0 fully saturated rings. The molecular weight excluding hydrogens is 148 g/mol. The van der Waals surface area contributed by atoms with Crippen LogP contribution in [0.1, 0.15) is 13.8 Å². The predicted molar refractivity (Wildman–Crippen MR) is 55.0 cm³/mol. The first-order chi connectivity index (χ1) is 5.85. The number of hydrogen-bond acceptors (Lipinski definition) is 1. The van der Waals surface area contributed by atoms with Gasteiger partial charge in [0.2, 0.25) is 0 Å². The quantitative estimate of drug-likeness (QED) is 0.354. The molecule has 0 spiro atoms. The lowest BCUT2D eigenvalue weighted by Crippen LogP contribution is -1.75. The number of aldehydes is 1. The summed E-state index contributed by atoms with van der Waals surface area (Å²) in [5.41, 5.74) is 0.593. The van der Waals surface area contributed by atoms with E-state index in [9.17, 15) is 4.79 Å².